The lowest BCUT2D eigenvalue weighted by Gasteiger charge is -2.36. The van der Waals surface area contributed by atoms with Gasteiger partial charge in [0.15, 0.2) is 5.60 Å². The molecule has 0 aromatic heterocycles. The number of aromatic hydroxyl groups is 1. The van der Waals surface area contributed by atoms with Crippen LogP contribution in [0.1, 0.15) is 98.7 Å². The average molecular weight is 540 g/mol. The van der Waals surface area contributed by atoms with Crippen LogP contribution < -0.4 is 9.47 Å². The van der Waals surface area contributed by atoms with Gasteiger partial charge >= 0.3 is 5.97 Å². The van der Waals surface area contributed by atoms with E-state index < -0.39 is 5.60 Å². The topological polar surface area (TPSA) is 69.3 Å². The van der Waals surface area contributed by atoms with E-state index in [2.05, 4.69) is 4.85 Å². The minimum absolute atomic E-state index is 0.0754. The lowest BCUT2D eigenvalue weighted by molar-refractivity contribution is 0.0224. The van der Waals surface area contributed by atoms with E-state index in [0.29, 0.717) is 35.0 Å². The van der Waals surface area contributed by atoms with Gasteiger partial charge < -0.3 is 24.2 Å². The molecule has 1 N–H and O–H groups in total. The van der Waals surface area contributed by atoms with E-state index in [9.17, 15) is 9.90 Å². The van der Waals surface area contributed by atoms with Crippen LogP contribution in [-0.4, -0.2) is 23.2 Å². The minimum atomic E-state index is -1.14. The summed E-state index contributed by atoms with van der Waals surface area (Å²) in [6.07, 6.45) is 10.3. The molecule has 0 saturated carbocycles. The number of unbranched alkanes of at least 4 members (excludes halogenated alkanes) is 7. The van der Waals surface area contributed by atoms with E-state index in [4.69, 9.17) is 20.8 Å². The molecule has 40 heavy (non-hydrogen) atoms. The van der Waals surface area contributed by atoms with Crippen LogP contribution in [0.15, 0.2) is 60.7 Å². The summed E-state index contributed by atoms with van der Waals surface area (Å²) >= 11 is 0. The lowest BCUT2D eigenvalue weighted by Crippen LogP contribution is -2.32. The molecule has 2 aliphatic rings. The van der Waals surface area contributed by atoms with E-state index in [1.54, 1.807) is 24.3 Å². The number of esters is 1. The summed E-state index contributed by atoms with van der Waals surface area (Å²) in [7, 11) is 0. The van der Waals surface area contributed by atoms with Crippen molar-refractivity contribution in [1.29, 1.82) is 0 Å². The smallest absolute Gasteiger partial charge is 0.340 e. The fraction of sp³-hybridized carbons (Fsp3) is 0.412. The van der Waals surface area contributed by atoms with Crippen LogP contribution >= 0.6 is 0 Å². The third kappa shape index (κ3) is 5.51. The molecule has 0 aliphatic carbocycles. The first-order valence-electron chi connectivity index (χ1n) is 14.3. The van der Waals surface area contributed by atoms with Gasteiger partial charge in [0, 0.05) is 49.1 Å². The van der Waals surface area contributed by atoms with Crippen LogP contribution in [0.2, 0.25) is 0 Å². The van der Waals surface area contributed by atoms with Crippen molar-refractivity contribution in [1.82, 2.24) is 0 Å². The lowest BCUT2D eigenvalue weighted by atomic mass is 9.77. The van der Waals surface area contributed by atoms with Crippen molar-refractivity contribution in [2.45, 2.75) is 82.8 Å². The number of hydrogen-bond donors (Lipinski definition) is 1. The van der Waals surface area contributed by atoms with Crippen molar-refractivity contribution in [2.24, 2.45) is 0 Å². The maximum absolute atomic E-state index is 12.9. The largest absolute Gasteiger partial charge is 0.508 e. The average Bonchev–Trinajstić information content (AvgIpc) is 3.24. The molecule has 0 amide bonds. The van der Waals surface area contributed by atoms with Crippen molar-refractivity contribution in [3.8, 4) is 23.0 Å². The number of phenols is 1. The highest BCUT2D eigenvalue weighted by Crippen LogP contribution is 2.56. The first-order valence-corrected chi connectivity index (χ1v) is 14.3. The number of hydrogen-bond acceptors (Lipinski definition) is 5. The monoisotopic (exact) mass is 539 g/mol. The Hall–Kier alpha value is -3.98. The number of carbonyl (C=O) groups is 1. The first kappa shape index (κ1) is 27.6. The summed E-state index contributed by atoms with van der Waals surface area (Å²) in [5, 5.41) is 10.1. The predicted octanol–water partition coefficient (Wildman–Crippen LogP) is 8.55. The fourth-order valence-electron chi connectivity index (χ4n) is 5.70. The first-order chi connectivity index (χ1) is 19.3. The number of carbonyl (C=O) groups excluding carboxylic acids is 1. The van der Waals surface area contributed by atoms with Gasteiger partial charge in [0.2, 0.25) is 5.54 Å². The maximum Gasteiger partial charge on any atom is 0.340 e. The molecule has 1 spiro atoms. The standard InChI is InChI=1S/C34H37NO5/c1-33(2,35-3)20-12-8-6-4-5-7-9-13-21-38-25-17-19-29-31(23-25)39-30-22-24(36)16-18-28(30)34(29)27-15-11-10-14-26(27)32(37)40-34/h10-11,14-19,22-23,36H,4-9,12-13,20-21H2,1-2H3. The molecule has 5 rings (SSSR count). The summed E-state index contributed by atoms with van der Waals surface area (Å²) < 4.78 is 18.4. The van der Waals surface area contributed by atoms with Crippen molar-refractivity contribution in [2.75, 3.05) is 6.61 Å². The van der Waals surface area contributed by atoms with E-state index in [1.165, 1.54) is 32.1 Å². The zero-order valence-electron chi connectivity index (χ0n) is 23.4. The summed E-state index contributed by atoms with van der Waals surface area (Å²) in [6, 6.07) is 18.0. The number of rotatable bonds is 12. The zero-order chi connectivity index (χ0) is 28.2. The Kier molecular flexibility index (Phi) is 8.02. The normalized spacial score (nSPS) is 16.9. The summed E-state index contributed by atoms with van der Waals surface area (Å²) in [4.78, 5) is 16.6. The Morgan fingerprint density at radius 3 is 2.25 bits per heavy atom. The Morgan fingerprint density at radius 2 is 1.50 bits per heavy atom. The van der Waals surface area contributed by atoms with Crippen LogP contribution in [0.4, 0.5) is 0 Å². The molecule has 0 fully saturated rings. The highest BCUT2D eigenvalue weighted by atomic mass is 16.6. The van der Waals surface area contributed by atoms with Gasteiger partial charge in [0.05, 0.1) is 12.2 Å². The predicted molar refractivity (Wildman–Crippen MR) is 154 cm³/mol. The molecule has 3 aromatic carbocycles. The van der Waals surface area contributed by atoms with Gasteiger partial charge in [-0.05, 0) is 43.2 Å². The second kappa shape index (κ2) is 11.6. The Balaban J connectivity index is 1.17. The van der Waals surface area contributed by atoms with Crippen molar-refractivity contribution >= 4 is 5.97 Å². The fourth-order valence-corrected chi connectivity index (χ4v) is 5.70. The Labute approximate surface area is 236 Å². The zero-order valence-corrected chi connectivity index (χ0v) is 23.4. The molecule has 2 heterocycles. The van der Waals surface area contributed by atoms with E-state index >= 15 is 0 Å². The highest BCUT2D eigenvalue weighted by molar-refractivity contribution is 5.97. The number of fused-ring (bicyclic) bond motifs is 6. The van der Waals surface area contributed by atoms with Gasteiger partial charge in [-0.3, -0.25) is 0 Å². The Morgan fingerprint density at radius 1 is 0.850 bits per heavy atom. The summed E-state index contributed by atoms with van der Waals surface area (Å²) in [6.45, 7) is 11.9. The Bertz CT molecular complexity index is 1420. The van der Waals surface area contributed by atoms with Gasteiger partial charge in [-0.2, -0.15) is 0 Å². The van der Waals surface area contributed by atoms with Gasteiger partial charge in [0.1, 0.15) is 23.0 Å². The van der Waals surface area contributed by atoms with Crippen LogP contribution in [0.3, 0.4) is 0 Å². The van der Waals surface area contributed by atoms with Crippen molar-refractivity contribution in [3.05, 3.63) is 94.3 Å². The molecule has 6 heteroatoms. The third-order valence-corrected chi connectivity index (χ3v) is 7.92. The van der Waals surface area contributed by atoms with Crippen LogP contribution in [-0.2, 0) is 10.3 Å². The molecule has 3 aromatic rings. The van der Waals surface area contributed by atoms with E-state index in [0.717, 1.165) is 36.8 Å². The molecule has 208 valence electrons. The maximum atomic E-state index is 12.9. The van der Waals surface area contributed by atoms with Gasteiger partial charge in [-0.1, -0.05) is 56.7 Å². The summed E-state index contributed by atoms with van der Waals surface area (Å²) in [5.74, 6) is 1.37. The molecular formula is C34H37NO5. The molecule has 6 nitrogen and oxygen atoms in total. The molecule has 1 unspecified atom stereocenters. The number of ether oxygens (including phenoxy) is 3. The van der Waals surface area contributed by atoms with Crippen LogP contribution in [0, 0.1) is 6.57 Å². The molecule has 0 bridgehead atoms. The van der Waals surface area contributed by atoms with Crippen molar-refractivity contribution in [3.63, 3.8) is 0 Å². The van der Waals surface area contributed by atoms with Crippen LogP contribution in [0.25, 0.3) is 4.85 Å². The SMILES string of the molecule is [C-]#[N+]C(C)(C)CCCCCCCCCCOc1ccc2c(c1)Oc1cc(O)ccc1C21OC(=O)c2ccccc21. The minimum Gasteiger partial charge on any atom is -0.508 e. The molecular weight excluding hydrogens is 502 g/mol. The molecule has 0 radical (unpaired) electrons. The number of benzene rings is 3. The highest BCUT2D eigenvalue weighted by Gasteiger charge is 2.53. The number of phenolic OH excluding ortho intramolecular Hbond substituents is 1. The van der Waals surface area contributed by atoms with Gasteiger partial charge in [0.25, 0.3) is 0 Å². The molecule has 1 atom stereocenters. The van der Waals surface area contributed by atoms with E-state index in [-0.39, 0.29) is 17.3 Å². The molecule has 0 saturated heterocycles. The second-order valence-corrected chi connectivity index (χ2v) is 11.4. The van der Waals surface area contributed by atoms with Crippen LogP contribution in [0.5, 0.6) is 23.0 Å². The van der Waals surface area contributed by atoms with E-state index in [1.807, 2.05) is 50.2 Å². The van der Waals surface area contributed by atoms with Gasteiger partial charge in [-0.25, -0.2) is 11.4 Å². The number of nitrogens with zero attached hydrogens (tertiary/aromatic N) is 1. The quantitative estimate of drug-likeness (QED) is 0.142. The third-order valence-electron chi connectivity index (χ3n) is 7.92. The van der Waals surface area contributed by atoms with Crippen molar-refractivity contribution < 1.29 is 24.1 Å². The van der Waals surface area contributed by atoms with Gasteiger partial charge in [-0.15, -0.1) is 0 Å². The second-order valence-electron chi connectivity index (χ2n) is 11.4. The molecule has 2 aliphatic heterocycles. The summed E-state index contributed by atoms with van der Waals surface area (Å²) in [5.41, 5.74) is 1.34.